The van der Waals surface area contributed by atoms with Gasteiger partial charge < -0.3 is 9.88 Å². The van der Waals surface area contributed by atoms with Gasteiger partial charge in [-0.25, -0.2) is 0 Å². The molecule has 1 N–H and O–H groups in total. The lowest BCUT2D eigenvalue weighted by atomic mass is 10.1. The highest BCUT2D eigenvalue weighted by molar-refractivity contribution is 6.35. The van der Waals surface area contributed by atoms with E-state index in [1.54, 1.807) is 41.6 Å². The average Bonchev–Trinajstić information content (AvgIpc) is 2.71. The Morgan fingerprint density at radius 2 is 1.80 bits per heavy atom. The van der Waals surface area contributed by atoms with E-state index in [1.807, 2.05) is 31.2 Å². The molecule has 0 spiro atoms. The molecule has 2 aromatic carbocycles. The van der Waals surface area contributed by atoms with Crippen molar-refractivity contribution in [1.29, 1.82) is 0 Å². The van der Waals surface area contributed by atoms with Crippen molar-refractivity contribution in [2.45, 2.75) is 13.5 Å². The first-order valence-electron chi connectivity index (χ1n) is 9.22. The summed E-state index contributed by atoms with van der Waals surface area (Å²) < 4.78 is 0. The Balaban J connectivity index is 1.87. The number of fused-ring (bicyclic) bond motifs is 1. The number of H-pyrrole nitrogens is 1. The molecular weight excluding hydrogens is 421 g/mol. The van der Waals surface area contributed by atoms with Crippen LogP contribution < -0.4 is 10.5 Å². The van der Waals surface area contributed by atoms with Crippen molar-refractivity contribution in [2.75, 3.05) is 4.90 Å². The van der Waals surface area contributed by atoms with Gasteiger partial charge in [-0.1, -0.05) is 41.4 Å². The van der Waals surface area contributed by atoms with E-state index < -0.39 is 0 Å². The molecule has 7 heteroatoms. The molecule has 0 aliphatic carbocycles. The van der Waals surface area contributed by atoms with E-state index in [0.717, 1.165) is 10.9 Å². The lowest BCUT2D eigenvalue weighted by molar-refractivity contribution is 0.0984. The number of carbonyl (C=O) groups is 1. The zero-order chi connectivity index (χ0) is 21.3. The van der Waals surface area contributed by atoms with Gasteiger partial charge in [-0.2, -0.15) is 0 Å². The maximum Gasteiger partial charge on any atom is 0.258 e. The number of benzene rings is 2. The van der Waals surface area contributed by atoms with Crippen LogP contribution in [-0.4, -0.2) is 15.9 Å². The van der Waals surface area contributed by atoms with E-state index in [9.17, 15) is 9.59 Å². The molecule has 150 valence electrons. The van der Waals surface area contributed by atoms with Gasteiger partial charge in [0.1, 0.15) is 0 Å². The minimum Gasteiger partial charge on any atom is -0.322 e. The molecule has 1 amide bonds. The Bertz CT molecular complexity index is 1300. The number of hydrogen-bond donors (Lipinski definition) is 1. The summed E-state index contributed by atoms with van der Waals surface area (Å²) in [5.41, 5.74) is 2.98. The monoisotopic (exact) mass is 437 g/mol. The van der Waals surface area contributed by atoms with E-state index in [2.05, 4.69) is 9.97 Å². The molecule has 5 nitrogen and oxygen atoms in total. The van der Waals surface area contributed by atoms with Gasteiger partial charge in [-0.15, -0.1) is 0 Å². The number of nitrogens with zero attached hydrogens (tertiary/aromatic N) is 2. The van der Waals surface area contributed by atoms with Crippen molar-refractivity contribution in [3.05, 3.63) is 104 Å². The van der Waals surface area contributed by atoms with Gasteiger partial charge in [0.05, 0.1) is 6.54 Å². The van der Waals surface area contributed by atoms with Crippen LogP contribution in [0.5, 0.6) is 0 Å². The van der Waals surface area contributed by atoms with Crippen LogP contribution >= 0.6 is 23.2 Å². The third kappa shape index (κ3) is 4.08. The van der Waals surface area contributed by atoms with E-state index in [4.69, 9.17) is 23.2 Å². The Labute approximate surface area is 182 Å². The zero-order valence-electron chi connectivity index (χ0n) is 16.0. The third-order valence-electron chi connectivity index (χ3n) is 4.82. The highest BCUT2D eigenvalue weighted by Crippen LogP contribution is 2.29. The normalized spacial score (nSPS) is 10.9. The van der Waals surface area contributed by atoms with Crippen LogP contribution in [0, 0.1) is 6.92 Å². The maximum absolute atomic E-state index is 13.5. The van der Waals surface area contributed by atoms with Crippen molar-refractivity contribution in [1.82, 2.24) is 9.97 Å². The fourth-order valence-electron chi connectivity index (χ4n) is 3.41. The Kier molecular flexibility index (Phi) is 5.57. The number of carbonyl (C=O) groups excluding carboxylic acids is 1. The molecule has 0 aliphatic heterocycles. The van der Waals surface area contributed by atoms with Crippen LogP contribution in [0.3, 0.4) is 0 Å². The number of hydrogen-bond acceptors (Lipinski definition) is 3. The number of aromatic nitrogens is 2. The minimum absolute atomic E-state index is 0.168. The molecule has 0 unspecified atom stereocenters. The second-order valence-corrected chi connectivity index (χ2v) is 7.79. The third-order valence-corrected chi connectivity index (χ3v) is 5.26. The van der Waals surface area contributed by atoms with E-state index >= 15 is 0 Å². The summed E-state index contributed by atoms with van der Waals surface area (Å²) in [4.78, 5) is 34.2. The molecule has 0 fully saturated rings. The SMILES string of the molecule is Cc1cnccc1C(=O)N(Cc1cc(=O)[nH]c2ccccc12)c1cc(Cl)cc(Cl)c1. The van der Waals surface area contributed by atoms with Crippen molar-refractivity contribution in [3.63, 3.8) is 0 Å². The number of pyridine rings is 2. The predicted molar refractivity (Wildman–Crippen MR) is 121 cm³/mol. The van der Waals surface area contributed by atoms with Crippen molar-refractivity contribution in [3.8, 4) is 0 Å². The van der Waals surface area contributed by atoms with Crippen molar-refractivity contribution >= 4 is 45.7 Å². The molecule has 2 aromatic heterocycles. The lowest BCUT2D eigenvalue weighted by Crippen LogP contribution is -2.31. The number of aryl methyl sites for hydroxylation is 1. The second-order valence-electron chi connectivity index (χ2n) is 6.91. The summed E-state index contributed by atoms with van der Waals surface area (Å²) in [5, 5.41) is 1.68. The fourth-order valence-corrected chi connectivity index (χ4v) is 3.93. The summed E-state index contributed by atoms with van der Waals surface area (Å²) in [5.74, 6) is -0.238. The molecule has 0 atom stereocenters. The van der Waals surface area contributed by atoms with Gasteiger partial charge in [-0.05, 0) is 48.4 Å². The predicted octanol–water partition coefficient (Wildman–Crippen LogP) is 5.39. The highest BCUT2D eigenvalue weighted by Gasteiger charge is 2.22. The van der Waals surface area contributed by atoms with Gasteiger partial charge in [0.25, 0.3) is 5.91 Å². The summed E-state index contributed by atoms with van der Waals surface area (Å²) in [6.45, 7) is 1.99. The second kappa shape index (κ2) is 8.30. The van der Waals surface area contributed by atoms with Gasteiger partial charge in [0, 0.05) is 50.7 Å². The highest BCUT2D eigenvalue weighted by atomic mass is 35.5. The molecule has 0 saturated carbocycles. The number of halogens is 2. The molecule has 0 bridgehead atoms. The molecule has 0 radical (unpaired) electrons. The molecule has 4 rings (SSSR count). The van der Waals surface area contributed by atoms with Crippen molar-refractivity contribution < 1.29 is 4.79 Å². The number of aromatic amines is 1. The van der Waals surface area contributed by atoms with Gasteiger partial charge in [-0.3, -0.25) is 14.6 Å². The van der Waals surface area contributed by atoms with Crippen molar-refractivity contribution in [2.24, 2.45) is 0 Å². The average molecular weight is 438 g/mol. The number of amides is 1. The number of anilines is 1. The van der Waals surface area contributed by atoms with Gasteiger partial charge >= 0.3 is 0 Å². The van der Waals surface area contributed by atoms with Crippen LogP contribution in [0.1, 0.15) is 21.5 Å². The zero-order valence-corrected chi connectivity index (χ0v) is 17.5. The van der Waals surface area contributed by atoms with Crippen LogP contribution in [0.4, 0.5) is 5.69 Å². The molecular formula is C23H17Cl2N3O2. The van der Waals surface area contributed by atoms with Crippen LogP contribution in [-0.2, 0) is 6.54 Å². The van der Waals surface area contributed by atoms with Crippen LogP contribution in [0.25, 0.3) is 10.9 Å². The number of para-hydroxylation sites is 1. The molecule has 0 aliphatic rings. The topological polar surface area (TPSA) is 66.1 Å². The van der Waals surface area contributed by atoms with Crippen LogP contribution in [0.2, 0.25) is 10.0 Å². The Morgan fingerprint density at radius 3 is 2.53 bits per heavy atom. The summed E-state index contributed by atoms with van der Waals surface area (Å²) in [7, 11) is 0. The molecule has 30 heavy (non-hydrogen) atoms. The van der Waals surface area contributed by atoms with Gasteiger partial charge in [0.15, 0.2) is 0 Å². The lowest BCUT2D eigenvalue weighted by Gasteiger charge is -2.25. The van der Waals surface area contributed by atoms with E-state index in [0.29, 0.717) is 32.4 Å². The van der Waals surface area contributed by atoms with Gasteiger partial charge in [0.2, 0.25) is 5.56 Å². The first-order chi connectivity index (χ1) is 14.4. The molecule has 0 saturated heterocycles. The summed E-state index contributed by atoms with van der Waals surface area (Å²) >= 11 is 12.4. The number of nitrogens with one attached hydrogen (secondary N) is 1. The van der Waals surface area contributed by atoms with Crippen LogP contribution in [0.15, 0.2) is 71.8 Å². The van der Waals surface area contributed by atoms with E-state index in [-0.39, 0.29) is 18.0 Å². The Morgan fingerprint density at radius 1 is 1.07 bits per heavy atom. The number of rotatable bonds is 4. The van der Waals surface area contributed by atoms with E-state index in [1.165, 1.54) is 6.07 Å². The summed E-state index contributed by atoms with van der Waals surface area (Å²) in [6.07, 6.45) is 3.21. The molecule has 4 aromatic rings. The maximum atomic E-state index is 13.5. The fraction of sp³-hybridized carbons (Fsp3) is 0.0870. The standard InChI is InChI=1S/C23H17Cl2N3O2/c1-14-12-26-7-6-19(14)23(30)28(18-10-16(24)9-17(25)11-18)13-15-8-22(29)27-21-5-3-2-4-20(15)21/h2-12H,13H2,1H3,(H,27,29). The molecule has 2 heterocycles. The summed E-state index contributed by atoms with van der Waals surface area (Å²) in [6, 6.07) is 15.6. The first kappa shape index (κ1) is 20.1. The quantitative estimate of drug-likeness (QED) is 0.465. The smallest absolute Gasteiger partial charge is 0.258 e. The first-order valence-corrected chi connectivity index (χ1v) is 9.97. The largest absolute Gasteiger partial charge is 0.322 e. The minimum atomic E-state index is -0.238. The Hall–Kier alpha value is -3.15.